The van der Waals surface area contributed by atoms with Crippen LogP contribution in [-0.2, 0) is 12.8 Å². The highest BCUT2D eigenvalue weighted by molar-refractivity contribution is 6.44. The van der Waals surface area contributed by atoms with Gasteiger partial charge in [-0.3, -0.25) is 0 Å². The molecule has 3 heteroatoms. The summed E-state index contributed by atoms with van der Waals surface area (Å²) in [6, 6.07) is 1.95. The average Bonchev–Trinajstić information content (AvgIpc) is 2.21. The van der Waals surface area contributed by atoms with E-state index in [0.717, 1.165) is 41.8 Å². The van der Waals surface area contributed by atoms with Crippen molar-refractivity contribution in [3.8, 4) is 0 Å². The van der Waals surface area contributed by atoms with Crippen LogP contribution in [-0.4, -0.2) is 0 Å². The molecule has 15 heavy (non-hydrogen) atoms. The fourth-order valence-corrected chi connectivity index (χ4v) is 2.56. The number of hydrogen-bond donors (Lipinski definition) is 0. The molecule has 0 saturated heterocycles. The molecule has 0 bridgehead atoms. The van der Waals surface area contributed by atoms with E-state index in [9.17, 15) is 0 Å². The van der Waals surface area contributed by atoms with Gasteiger partial charge in [0.15, 0.2) is 0 Å². The predicted octanol–water partition coefficient (Wildman–Crippen LogP) is 5.55. The number of rotatable bonds is 4. The van der Waals surface area contributed by atoms with Gasteiger partial charge in [-0.2, -0.15) is 0 Å². The topological polar surface area (TPSA) is 0 Å². The van der Waals surface area contributed by atoms with Crippen LogP contribution in [0.5, 0.6) is 0 Å². The zero-order chi connectivity index (χ0) is 11.4. The summed E-state index contributed by atoms with van der Waals surface area (Å²) in [5, 5.41) is 2.05. The van der Waals surface area contributed by atoms with Crippen molar-refractivity contribution in [2.75, 3.05) is 0 Å². The van der Waals surface area contributed by atoms with Gasteiger partial charge in [-0.05, 0) is 30.0 Å². The molecule has 0 saturated carbocycles. The Morgan fingerprint density at radius 1 is 0.933 bits per heavy atom. The summed E-state index contributed by atoms with van der Waals surface area (Å²) in [6.45, 7) is 4.21. The number of aryl methyl sites for hydroxylation is 1. The molecule has 1 rings (SSSR count). The highest BCUT2D eigenvalue weighted by Gasteiger charge is 2.13. The summed E-state index contributed by atoms with van der Waals surface area (Å²) >= 11 is 18.6. The van der Waals surface area contributed by atoms with Gasteiger partial charge in [0.1, 0.15) is 0 Å². The zero-order valence-electron chi connectivity index (χ0n) is 9.04. The maximum absolute atomic E-state index is 6.20. The molecule has 0 nitrogen and oxygen atoms in total. The molecule has 0 radical (unpaired) electrons. The molecule has 0 N–H and O–H groups in total. The third-order valence-corrected chi connectivity index (χ3v) is 3.63. The van der Waals surface area contributed by atoms with E-state index in [2.05, 4.69) is 13.8 Å². The summed E-state index contributed by atoms with van der Waals surface area (Å²) in [5.74, 6) is 0. The Hall–Kier alpha value is 0.0900. The van der Waals surface area contributed by atoms with Gasteiger partial charge in [0.25, 0.3) is 0 Å². The third kappa shape index (κ3) is 3.03. The first-order valence-corrected chi connectivity index (χ1v) is 6.40. The van der Waals surface area contributed by atoms with E-state index in [4.69, 9.17) is 34.8 Å². The number of hydrogen-bond acceptors (Lipinski definition) is 0. The molecule has 0 aromatic heterocycles. The minimum absolute atomic E-state index is 0.634. The Labute approximate surface area is 107 Å². The van der Waals surface area contributed by atoms with E-state index in [-0.39, 0.29) is 0 Å². The second-order valence-electron chi connectivity index (χ2n) is 3.62. The van der Waals surface area contributed by atoms with Crippen LogP contribution < -0.4 is 0 Å². The Balaban J connectivity index is 3.18. The van der Waals surface area contributed by atoms with Gasteiger partial charge in [-0.15, -0.1) is 0 Å². The van der Waals surface area contributed by atoms with Gasteiger partial charge in [-0.1, -0.05) is 61.5 Å². The van der Waals surface area contributed by atoms with E-state index < -0.39 is 0 Å². The van der Waals surface area contributed by atoms with Crippen LogP contribution in [0.4, 0.5) is 0 Å². The summed E-state index contributed by atoms with van der Waals surface area (Å²) in [6.07, 6.45) is 3.86. The number of benzene rings is 1. The molecule has 0 amide bonds. The lowest BCUT2D eigenvalue weighted by Crippen LogP contribution is -1.93. The maximum Gasteiger partial charge on any atom is 0.0641 e. The van der Waals surface area contributed by atoms with Crippen molar-refractivity contribution in [2.45, 2.75) is 39.5 Å². The molecular formula is C12H15Cl3. The molecule has 0 unspecified atom stereocenters. The first-order valence-electron chi connectivity index (χ1n) is 5.27. The summed E-state index contributed by atoms with van der Waals surface area (Å²) in [7, 11) is 0. The SMILES string of the molecule is CCCc1cc(Cl)c(CCC)c(Cl)c1Cl. The highest BCUT2D eigenvalue weighted by Crippen LogP contribution is 2.36. The van der Waals surface area contributed by atoms with E-state index in [0.29, 0.717) is 10.0 Å². The second kappa shape index (κ2) is 5.98. The lowest BCUT2D eigenvalue weighted by Gasteiger charge is -2.11. The van der Waals surface area contributed by atoms with E-state index in [1.54, 1.807) is 0 Å². The van der Waals surface area contributed by atoms with Crippen molar-refractivity contribution in [1.82, 2.24) is 0 Å². The third-order valence-electron chi connectivity index (χ3n) is 2.35. The fraction of sp³-hybridized carbons (Fsp3) is 0.500. The largest absolute Gasteiger partial charge is 0.0840 e. The molecule has 0 fully saturated rings. The second-order valence-corrected chi connectivity index (χ2v) is 4.79. The van der Waals surface area contributed by atoms with Crippen LogP contribution in [0.2, 0.25) is 15.1 Å². The van der Waals surface area contributed by atoms with Crippen molar-refractivity contribution < 1.29 is 0 Å². The van der Waals surface area contributed by atoms with Crippen LogP contribution in [0.15, 0.2) is 6.07 Å². The van der Waals surface area contributed by atoms with Crippen molar-refractivity contribution in [3.05, 3.63) is 32.3 Å². The fourth-order valence-electron chi connectivity index (χ4n) is 1.61. The monoisotopic (exact) mass is 264 g/mol. The van der Waals surface area contributed by atoms with Crippen molar-refractivity contribution in [2.24, 2.45) is 0 Å². The van der Waals surface area contributed by atoms with Crippen LogP contribution >= 0.6 is 34.8 Å². The van der Waals surface area contributed by atoms with Crippen LogP contribution in [0.1, 0.15) is 37.8 Å². The van der Waals surface area contributed by atoms with Gasteiger partial charge in [0.2, 0.25) is 0 Å². The molecule has 0 aliphatic rings. The average molecular weight is 266 g/mol. The smallest absolute Gasteiger partial charge is 0.0641 e. The van der Waals surface area contributed by atoms with Crippen molar-refractivity contribution in [3.63, 3.8) is 0 Å². The van der Waals surface area contributed by atoms with Crippen molar-refractivity contribution in [1.29, 1.82) is 0 Å². The molecule has 84 valence electrons. The quantitative estimate of drug-likeness (QED) is 0.626. The number of halogens is 3. The van der Waals surface area contributed by atoms with E-state index in [1.165, 1.54) is 0 Å². The first-order chi connectivity index (χ1) is 7.11. The van der Waals surface area contributed by atoms with Gasteiger partial charge in [0, 0.05) is 5.02 Å². The van der Waals surface area contributed by atoms with Crippen LogP contribution in [0, 0.1) is 0 Å². The minimum atomic E-state index is 0.634. The first kappa shape index (κ1) is 13.2. The molecule has 0 atom stereocenters. The normalized spacial score (nSPS) is 10.7. The summed E-state index contributed by atoms with van der Waals surface area (Å²) < 4.78 is 0. The van der Waals surface area contributed by atoms with Gasteiger partial charge >= 0.3 is 0 Å². The molecule has 0 heterocycles. The van der Waals surface area contributed by atoms with E-state index in [1.807, 2.05) is 6.07 Å². The minimum Gasteiger partial charge on any atom is -0.0840 e. The summed E-state index contributed by atoms with van der Waals surface area (Å²) in [4.78, 5) is 0. The molecule has 1 aromatic carbocycles. The molecule has 0 aliphatic carbocycles. The van der Waals surface area contributed by atoms with Crippen LogP contribution in [0.25, 0.3) is 0 Å². The zero-order valence-corrected chi connectivity index (χ0v) is 11.3. The predicted molar refractivity (Wildman–Crippen MR) is 69.5 cm³/mol. The molecular weight excluding hydrogens is 250 g/mol. The van der Waals surface area contributed by atoms with Gasteiger partial charge < -0.3 is 0 Å². The van der Waals surface area contributed by atoms with Crippen LogP contribution in [0.3, 0.4) is 0 Å². The maximum atomic E-state index is 6.20. The molecule has 0 spiro atoms. The Morgan fingerprint density at radius 3 is 2.07 bits per heavy atom. The lowest BCUT2D eigenvalue weighted by atomic mass is 10.0. The van der Waals surface area contributed by atoms with Gasteiger partial charge in [0.05, 0.1) is 10.0 Å². The van der Waals surface area contributed by atoms with Gasteiger partial charge in [-0.25, -0.2) is 0 Å². The Bertz CT molecular complexity index is 345. The molecule has 1 aromatic rings. The van der Waals surface area contributed by atoms with E-state index >= 15 is 0 Å². The highest BCUT2D eigenvalue weighted by atomic mass is 35.5. The standard InChI is InChI=1S/C12H15Cl3/c1-3-5-8-7-10(13)9(6-4-2)12(15)11(8)14/h7H,3-6H2,1-2H3. The Kier molecular flexibility index (Phi) is 5.25. The summed E-state index contributed by atoms with van der Waals surface area (Å²) in [5.41, 5.74) is 2.03. The Morgan fingerprint density at radius 2 is 1.53 bits per heavy atom. The van der Waals surface area contributed by atoms with Crippen molar-refractivity contribution >= 4 is 34.8 Å². The lowest BCUT2D eigenvalue weighted by molar-refractivity contribution is 0.904. The molecule has 0 aliphatic heterocycles.